The summed E-state index contributed by atoms with van der Waals surface area (Å²) in [6.07, 6.45) is 4.62. The van der Waals surface area contributed by atoms with Gasteiger partial charge in [-0.1, -0.05) is 26.7 Å². The third-order valence-electron chi connectivity index (χ3n) is 3.91. The quantitative estimate of drug-likeness (QED) is 0.714. The minimum absolute atomic E-state index is 0.00157. The van der Waals surface area contributed by atoms with E-state index in [-0.39, 0.29) is 12.3 Å². The van der Waals surface area contributed by atoms with Crippen molar-refractivity contribution in [2.45, 2.75) is 46.0 Å². The van der Waals surface area contributed by atoms with Crippen molar-refractivity contribution in [3.63, 3.8) is 0 Å². The fraction of sp³-hybridized carbons (Fsp3) is 0.833. The highest BCUT2D eigenvalue weighted by atomic mass is 16.2. The van der Waals surface area contributed by atoms with E-state index in [0.29, 0.717) is 5.41 Å². The first-order valence-corrected chi connectivity index (χ1v) is 5.82. The number of carbonyl (C=O) groups is 1. The van der Waals surface area contributed by atoms with Crippen LogP contribution in [0.4, 0.5) is 0 Å². The van der Waals surface area contributed by atoms with Crippen molar-refractivity contribution in [3.8, 4) is 6.07 Å². The van der Waals surface area contributed by atoms with E-state index in [1.807, 2.05) is 11.0 Å². The zero-order valence-corrected chi connectivity index (χ0v) is 9.75. The van der Waals surface area contributed by atoms with E-state index in [1.54, 1.807) is 0 Å². The van der Waals surface area contributed by atoms with Gasteiger partial charge < -0.3 is 4.90 Å². The highest BCUT2D eigenvalue weighted by molar-refractivity contribution is 5.78. The molecule has 0 unspecified atom stereocenters. The van der Waals surface area contributed by atoms with Gasteiger partial charge in [0.1, 0.15) is 6.42 Å². The Morgan fingerprint density at radius 3 is 2.27 bits per heavy atom. The molecule has 1 amide bonds. The molecule has 84 valence electrons. The minimum atomic E-state index is -0.00157. The van der Waals surface area contributed by atoms with Crippen LogP contribution in [0, 0.1) is 16.7 Å². The van der Waals surface area contributed by atoms with Gasteiger partial charge in [-0.05, 0) is 18.3 Å². The van der Waals surface area contributed by atoms with Crippen molar-refractivity contribution in [3.05, 3.63) is 0 Å². The molecule has 0 aliphatic carbocycles. The number of nitriles is 1. The molecule has 1 heterocycles. The van der Waals surface area contributed by atoms with Crippen LogP contribution in [-0.4, -0.2) is 23.9 Å². The Hall–Kier alpha value is -1.04. The average molecular weight is 208 g/mol. The summed E-state index contributed by atoms with van der Waals surface area (Å²) in [6, 6.07) is 1.92. The summed E-state index contributed by atoms with van der Waals surface area (Å²) in [5.41, 5.74) is 0.448. The molecule has 3 nitrogen and oxygen atoms in total. The van der Waals surface area contributed by atoms with Crippen LogP contribution in [-0.2, 0) is 4.79 Å². The fourth-order valence-electron chi connectivity index (χ4n) is 2.37. The van der Waals surface area contributed by atoms with Gasteiger partial charge in [0.15, 0.2) is 0 Å². The first kappa shape index (κ1) is 12.0. The molecule has 1 fully saturated rings. The van der Waals surface area contributed by atoms with E-state index >= 15 is 0 Å². The molecule has 0 aromatic rings. The average Bonchev–Trinajstić information content (AvgIpc) is 2.29. The zero-order chi connectivity index (χ0) is 11.3. The molecule has 1 saturated heterocycles. The molecule has 0 aromatic carbocycles. The van der Waals surface area contributed by atoms with E-state index in [2.05, 4.69) is 13.8 Å². The summed E-state index contributed by atoms with van der Waals surface area (Å²) in [5.74, 6) is -0.00157. The number of hydrogen-bond acceptors (Lipinski definition) is 2. The van der Waals surface area contributed by atoms with E-state index in [9.17, 15) is 4.79 Å². The molecule has 1 aliphatic rings. The van der Waals surface area contributed by atoms with Crippen molar-refractivity contribution in [2.24, 2.45) is 5.41 Å². The molecule has 0 N–H and O–H groups in total. The summed E-state index contributed by atoms with van der Waals surface area (Å²) in [7, 11) is 0. The van der Waals surface area contributed by atoms with Crippen LogP contribution in [0.5, 0.6) is 0 Å². The molecular formula is C12H20N2O. The van der Waals surface area contributed by atoms with Crippen LogP contribution in [0.3, 0.4) is 0 Å². The summed E-state index contributed by atoms with van der Waals surface area (Å²) in [6.45, 7) is 6.14. The Morgan fingerprint density at radius 2 is 1.87 bits per heavy atom. The first-order valence-electron chi connectivity index (χ1n) is 5.82. The first-order chi connectivity index (χ1) is 7.17. The maximum absolute atomic E-state index is 11.5. The van der Waals surface area contributed by atoms with Crippen molar-refractivity contribution in [1.82, 2.24) is 4.90 Å². The Kier molecular flexibility index (Phi) is 4.14. The maximum Gasteiger partial charge on any atom is 0.236 e. The van der Waals surface area contributed by atoms with Gasteiger partial charge in [-0.3, -0.25) is 4.79 Å². The van der Waals surface area contributed by atoms with E-state index < -0.39 is 0 Å². The van der Waals surface area contributed by atoms with E-state index in [0.717, 1.165) is 25.9 Å². The summed E-state index contributed by atoms with van der Waals surface area (Å²) >= 11 is 0. The monoisotopic (exact) mass is 208 g/mol. The third kappa shape index (κ3) is 2.71. The minimum Gasteiger partial charge on any atom is -0.342 e. The molecule has 0 spiro atoms. The van der Waals surface area contributed by atoms with Gasteiger partial charge in [0, 0.05) is 13.1 Å². The van der Waals surface area contributed by atoms with Crippen LogP contribution in [0.25, 0.3) is 0 Å². The van der Waals surface area contributed by atoms with E-state index in [1.165, 1.54) is 12.8 Å². The van der Waals surface area contributed by atoms with Gasteiger partial charge in [0.25, 0.3) is 0 Å². The third-order valence-corrected chi connectivity index (χ3v) is 3.91. The lowest BCUT2D eigenvalue weighted by Gasteiger charge is -2.40. The lowest BCUT2D eigenvalue weighted by atomic mass is 9.74. The second kappa shape index (κ2) is 5.16. The molecule has 0 atom stereocenters. The highest BCUT2D eigenvalue weighted by Crippen LogP contribution is 2.37. The predicted octanol–water partition coefficient (Wildman–Crippen LogP) is 2.33. The molecule has 1 rings (SSSR count). The second-order valence-corrected chi connectivity index (χ2v) is 4.42. The standard InChI is InChI=1S/C12H20N2O/c1-3-12(4-2)6-9-14(10-7-12)11(15)5-8-13/h3-7,9-10H2,1-2H3. The molecule has 15 heavy (non-hydrogen) atoms. The van der Waals surface area contributed by atoms with Gasteiger partial charge in [-0.15, -0.1) is 0 Å². The van der Waals surface area contributed by atoms with Gasteiger partial charge in [-0.25, -0.2) is 0 Å². The van der Waals surface area contributed by atoms with Crippen LogP contribution in [0.1, 0.15) is 46.0 Å². The number of hydrogen-bond donors (Lipinski definition) is 0. The smallest absolute Gasteiger partial charge is 0.236 e. The highest BCUT2D eigenvalue weighted by Gasteiger charge is 2.32. The Labute approximate surface area is 92.1 Å². The van der Waals surface area contributed by atoms with Crippen LogP contribution >= 0.6 is 0 Å². The zero-order valence-electron chi connectivity index (χ0n) is 9.75. The topological polar surface area (TPSA) is 44.1 Å². The SMILES string of the molecule is CCC1(CC)CCN(C(=O)CC#N)CC1. The van der Waals surface area contributed by atoms with Gasteiger partial charge in [-0.2, -0.15) is 5.26 Å². The van der Waals surface area contributed by atoms with Crippen molar-refractivity contribution >= 4 is 5.91 Å². The lowest BCUT2D eigenvalue weighted by Crippen LogP contribution is -2.42. The Balaban J connectivity index is 2.48. The summed E-state index contributed by atoms with van der Waals surface area (Å²) in [5, 5.41) is 8.46. The number of carbonyl (C=O) groups excluding carboxylic acids is 1. The molecular weight excluding hydrogens is 188 g/mol. The molecule has 0 saturated carbocycles. The van der Waals surface area contributed by atoms with Crippen molar-refractivity contribution in [2.75, 3.05) is 13.1 Å². The number of likely N-dealkylation sites (tertiary alicyclic amines) is 1. The fourth-order valence-corrected chi connectivity index (χ4v) is 2.37. The number of amides is 1. The van der Waals surface area contributed by atoms with Crippen molar-refractivity contribution in [1.29, 1.82) is 5.26 Å². The van der Waals surface area contributed by atoms with Gasteiger partial charge >= 0.3 is 0 Å². The van der Waals surface area contributed by atoms with Crippen molar-refractivity contribution < 1.29 is 4.79 Å². The lowest BCUT2D eigenvalue weighted by molar-refractivity contribution is -0.132. The van der Waals surface area contributed by atoms with E-state index in [4.69, 9.17) is 5.26 Å². The summed E-state index contributed by atoms with van der Waals surface area (Å²) in [4.78, 5) is 13.3. The molecule has 1 aliphatic heterocycles. The maximum atomic E-state index is 11.5. The predicted molar refractivity (Wildman–Crippen MR) is 59.1 cm³/mol. The molecule has 0 radical (unpaired) electrons. The Bertz CT molecular complexity index is 253. The number of rotatable bonds is 3. The van der Waals surface area contributed by atoms with Crippen LogP contribution < -0.4 is 0 Å². The number of piperidine rings is 1. The largest absolute Gasteiger partial charge is 0.342 e. The normalized spacial score (nSPS) is 19.7. The molecule has 0 bridgehead atoms. The van der Waals surface area contributed by atoms with Gasteiger partial charge in [0.2, 0.25) is 5.91 Å². The van der Waals surface area contributed by atoms with Gasteiger partial charge in [0.05, 0.1) is 6.07 Å². The van der Waals surface area contributed by atoms with Crippen LogP contribution in [0.15, 0.2) is 0 Å². The Morgan fingerprint density at radius 1 is 1.33 bits per heavy atom. The van der Waals surface area contributed by atoms with Crippen LogP contribution in [0.2, 0.25) is 0 Å². The molecule has 3 heteroatoms. The number of nitrogens with zero attached hydrogens (tertiary/aromatic N) is 2. The second-order valence-electron chi connectivity index (χ2n) is 4.42. The molecule has 0 aromatic heterocycles. The summed E-state index contributed by atoms with van der Waals surface area (Å²) < 4.78 is 0.